The van der Waals surface area contributed by atoms with Gasteiger partial charge in [0.2, 0.25) is 0 Å². The number of nitrogens with one attached hydrogen (secondary N) is 1. The molecule has 0 aliphatic heterocycles. The van der Waals surface area contributed by atoms with Crippen LogP contribution >= 0.6 is 0 Å². The molecule has 0 spiro atoms. The molecule has 0 heterocycles. The zero-order valence-electron chi connectivity index (χ0n) is 11.9. The van der Waals surface area contributed by atoms with E-state index < -0.39 is 0 Å². The molecule has 2 aliphatic rings. The van der Waals surface area contributed by atoms with E-state index in [1.807, 2.05) is 0 Å². The van der Waals surface area contributed by atoms with Crippen LogP contribution in [-0.2, 0) is 0 Å². The van der Waals surface area contributed by atoms with Crippen LogP contribution in [0.2, 0.25) is 0 Å². The molecule has 0 bridgehead atoms. The molecular formula is C15H30N2. The summed E-state index contributed by atoms with van der Waals surface area (Å²) in [6.07, 6.45) is 9.79. The van der Waals surface area contributed by atoms with Gasteiger partial charge in [0.1, 0.15) is 0 Å². The van der Waals surface area contributed by atoms with Crippen molar-refractivity contribution >= 4 is 0 Å². The maximum atomic E-state index is 3.57. The zero-order chi connectivity index (χ0) is 12.3. The number of rotatable bonds is 9. The van der Waals surface area contributed by atoms with Crippen LogP contribution in [0, 0.1) is 5.92 Å². The fourth-order valence-electron chi connectivity index (χ4n) is 3.15. The largest absolute Gasteiger partial charge is 0.315 e. The molecule has 0 saturated heterocycles. The van der Waals surface area contributed by atoms with Crippen molar-refractivity contribution in [2.45, 2.75) is 76.9 Å². The topological polar surface area (TPSA) is 15.3 Å². The molecule has 2 unspecified atom stereocenters. The fraction of sp³-hybridized carbons (Fsp3) is 1.00. The average molecular weight is 238 g/mol. The maximum absolute atomic E-state index is 3.57. The van der Waals surface area contributed by atoms with Gasteiger partial charge in [0.05, 0.1) is 0 Å². The normalized spacial score (nSPS) is 24.0. The Hall–Kier alpha value is -0.0800. The summed E-state index contributed by atoms with van der Waals surface area (Å²) >= 11 is 0. The molecule has 2 saturated carbocycles. The van der Waals surface area contributed by atoms with E-state index in [9.17, 15) is 0 Å². The van der Waals surface area contributed by atoms with E-state index in [2.05, 4.69) is 31.1 Å². The Morgan fingerprint density at radius 2 is 1.88 bits per heavy atom. The summed E-state index contributed by atoms with van der Waals surface area (Å²) < 4.78 is 0. The molecule has 2 fully saturated rings. The summed E-state index contributed by atoms with van der Waals surface area (Å²) in [5.41, 5.74) is 0. The Labute approximate surface area is 107 Å². The predicted molar refractivity (Wildman–Crippen MR) is 74.3 cm³/mol. The van der Waals surface area contributed by atoms with Crippen LogP contribution in [0.5, 0.6) is 0 Å². The first-order valence-electron chi connectivity index (χ1n) is 7.73. The maximum Gasteiger partial charge on any atom is 0.0249 e. The SMILES string of the molecule is CCCC(NC)C(CC)N(CC1CC1)C1CC1. The molecule has 0 aromatic rings. The van der Waals surface area contributed by atoms with Gasteiger partial charge in [0.15, 0.2) is 0 Å². The van der Waals surface area contributed by atoms with Gasteiger partial charge in [0.25, 0.3) is 0 Å². The molecule has 0 amide bonds. The summed E-state index contributed by atoms with van der Waals surface area (Å²) in [5, 5.41) is 3.57. The minimum absolute atomic E-state index is 0.698. The molecule has 0 radical (unpaired) electrons. The first-order chi connectivity index (χ1) is 8.30. The van der Waals surface area contributed by atoms with Crippen LogP contribution in [0.25, 0.3) is 0 Å². The van der Waals surface area contributed by atoms with Crippen LogP contribution in [-0.4, -0.2) is 36.6 Å². The standard InChI is InChI=1S/C15H30N2/c1-4-6-14(16-3)15(5-2)17(13-9-10-13)11-12-7-8-12/h12-16H,4-11H2,1-3H3. The number of hydrogen-bond acceptors (Lipinski definition) is 2. The number of hydrogen-bond donors (Lipinski definition) is 1. The van der Waals surface area contributed by atoms with Gasteiger partial charge >= 0.3 is 0 Å². The Balaban J connectivity index is 1.95. The number of likely N-dealkylation sites (N-methyl/N-ethyl adjacent to an activating group) is 1. The van der Waals surface area contributed by atoms with Gasteiger partial charge < -0.3 is 5.32 Å². The van der Waals surface area contributed by atoms with E-state index in [4.69, 9.17) is 0 Å². The third-order valence-corrected chi connectivity index (χ3v) is 4.46. The van der Waals surface area contributed by atoms with Crippen molar-refractivity contribution in [2.75, 3.05) is 13.6 Å². The van der Waals surface area contributed by atoms with Crippen LogP contribution in [0.4, 0.5) is 0 Å². The van der Waals surface area contributed by atoms with E-state index >= 15 is 0 Å². The van der Waals surface area contributed by atoms with Crippen LogP contribution in [0.1, 0.15) is 58.8 Å². The van der Waals surface area contributed by atoms with E-state index in [-0.39, 0.29) is 0 Å². The smallest absolute Gasteiger partial charge is 0.0249 e. The molecule has 2 atom stereocenters. The first kappa shape index (κ1) is 13.4. The van der Waals surface area contributed by atoms with Gasteiger partial charge in [-0.05, 0) is 51.5 Å². The van der Waals surface area contributed by atoms with Crippen LogP contribution in [0.3, 0.4) is 0 Å². The van der Waals surface area contributed by atoms with Crippen molar-refractivity contribution in [1.29, 1.82) is 0 Å². The molecule has 2 nitrogen and oxygen atoms in total. The fourth-order valence-corrected chi connectivity index (χ4v) is 3.15. The minimum atomic E-state index is 0.698. The summed E-state index contributed by atoms with van der Waals surface area (Å²) in [6, 6.07) is 2.39. The van der Waals surface area contributed by atoms with Crippen LogP contribution < -0.4 is 5.32 Å². The van der Waals surface area contributed by atoms with E-state index in [0.717, 1.165) is 18.0 Å². The quantitative estimate of drug-likeness (QED) is 0.664. The second-order valence-electron chi connectivity index (χ2n) is 6.03. The Bertz CT molecular complexity index is 221. The summed E-state index contributed by atoms with van der Waals surface area (Å²) in [6.45, 7) is 6.05. The van der Waals surface area contributed by atoms with E-state index in [1.54, 1.807) is 0 Å². The molecule has 2 aliphatic carbocycles. The Morgan fingerprint density at radius 3 is 2.29 bits per heavy atom. The van der Waals surface area contributed by atoms with Crippen molar-refractivity contribution in [3.63, 3.8) is 0 Å². The van der Waals surface area contributed by atoms with Crippen molar-refractivity contribution in [3.05, 3.63) is 0 Å². The van der Waals surface area contributed by atoms with Gasteiger partial charge in [-0.1, -0.05) is 20.3 Å². The monoisotopic (exact) mass is 238 g/mol. The third kappa shape index (κ3) is 3.69. The zero-order valence-corrected chi connectivity index (χ0v) is 11.9. The number of nitrogens with zero attached hydrogens (tertiary/aromatic N) is 1. The van der Waals surface area contributed by atoms with E-state index in [0.29, 0.717) is 6.04 Å². The van der Waals surface area contributed by atoms with Crippen LogP contribution in [0.15, 0.2) is 0 Å². The molecule has 0 aromatic heterocycles. The van der Waals surface area contributed by atoms with Gasteiger partial charge in [-0.25, -0.2) is 0 Å². The molecular weight excluding hydrogens is 208 g/mol. The van der Waals surface area contributed by atoms with Crippen molar-refractivity contribution in [3.8, 4) is 0 Å². The Morgan fingerprint density at radius 1 is 1.18 bits per heavy atom. The van der Waals surface area contributed by atoms with Crippen molar-refractivity contribution < 1.29 is 0 Å². The molecule has 0 aromatic carbocycles. The van der Waals surface area contributed by atoms with Crippen molar-refractivity contribution in [2.24, 2.45) is 5.92 Å². The lowest BCUT2D eigenvalue weighted by molar-refractivity contribution is 0.134. The average Bonchev–Trinajstić information content (AvgIpc) is 3.17. The lowest BCUT2D eigenvalue weighted by Gasteiger charge is -2.37. The summed E-state index contributed by atoms with van der Waals surface area (Å²) in [5.74, 6) is 1.03. The molecule has 100 valence electrons. The van der Waals surface area contributed by atoms with Gasteiger partial charge in [-0.3, -0.25) is 4.90 Å². The Kier molecular flexibility index (Phi) is 4.87. The first-order valence-corrected chi connectivity index (χ1v) is 7.73. The predicted octanol–water partition coefficient (Wildman–Crippen LogP) is 3.03. The van der Waals surface area contributed by atoms with Gasteiger partial charge in [0, 0.05) is 24.7 Å². The lowest BCUT2D eigenvalue weighted by Crippen LogP contribution is -2.50. The molecule has 17 heavy (non-hydrogen) atoms. The second kappa shape index (κ2) is 6.19. The second-order valence-corrected chi connectivity index (χ2v) is 6.03. The lowest BCUT2D eigenvalue weighted by atomic mass is 9.98. The molecule has 2 heteroatoms. The van der Waals surface area contributed by atoms with Gasteiger partial charge in [-0.15, -0.1) is 0 Å². The highest BCUT2D eigenvalue weighted by Gasteiger charge is 2.38. The highest BCUT2D eigenvalue weighted by Crippen LogP contribution is 2.37. The molecule has 1 N–H and O–H groups in total. The van der Waals surface area contributed by atoms with Crippen molar-refractivity contribution in [1.82, 2.24) is 10.2 Å². The van der Waals surface area contributed by atoms with Gasteiger partial charge in [-0.2, -0.15) is 0 Å². The molecule has 2 rings (SSSR count). The summed E-state index contributed by atoms with van der Waals surface area (Å²) in [4.78, 5) is 2.86. The van der Waals surface area contributed by atoms with E-state index in [1.165, 1.54) is 51.5 Å². The summed E-state index contributed by atoms with van der Waals surface area (Å²) in [7, 11) is 2.14. The highest BCUT2D eigenvalue weighted by molar-refractivity contribution is 4.95. The third-order valence-electron chi connectivity index (χ3n) is 4.46. The highest BCUT2D eigenvalue weighted by atomic mass is 15.2. The minimum Gasteiger partial charge on any atom is -0.315 e.